The summed E-state index contributed by atoms with van der Waals surface area (Å²) in [5.74, 6) is 0. The minimum Gasteiger partial charge on any atom is -0.311 e. The minimum absolute atomic E-state index is 0.309. The lowest BCUT2D eigenvalue weighted by molar-refractivity contribution is 0.0384. The van der Waals surface area contributed by atoms with E-state index in [1.807, 2.05) is 12.1 Å². The maximum absolute atomic E-state index is 6.07. The minimum atomic E-state index is 0.309. The van der Waals surface area contributed by atoms with Crippen LogP contribution in [0.3, 0.4) is 0 Å². The van der Waals surface area contributed by atoms with Crippen LogP contribution in [0.25, 0.3) is 0 Å². The van der Waals surface area contributed by atoms with Crippen LogP contribution < -0.4 is 5.32 Å². The summed E-state index contributed by atoms with van der Waals surface area (Å²) >= 11 is 6.07. The lowest BCUT2D eigenvalue weighted by Crippen LogP contribution is -2.56. The third-order valence-corrected chi connectivity index (χ3v) is 5.74. The first-order valence-corrected chi connectivity index (χ1v) is 8.82. The molecule has 0 amide bonds. The van der Waals surface area contributed by atoms with Gasteiger partial charge in [-0.15, -0.1) is 0 Å². The Hall–Kier alpha value is -0.570. The lowest BCUT2D eigenvalue weighted by Gasteiger charge is -2.48. The van der Waals surface area contributed by atoms with Crippen LogP contribution in [-0.2, 0) is 0 Å². The van der Waals surface area contributed by atoms with E-state index in [2.05, 4.69) is 29.4 Å². The Balaban J connectivity index is 1.91. The number of benzene rings is 1. The average molecular weight is 307 g/mol. The second-order valence-corrected chi connectivity index (χ2v) is 7.07. The molecule has 1 N–H and O–H groups in total. The molecule has 0 aromatic heterocycles. The van der Waals surface area contributed by atoms with Gasteiger partial charge in [0.15, 0.2) is 0 Å². The zero-order valence-electron chi connectivity index (χ0n) is 13.1. The number of nitrogens with one attached hydrogen (secondary N) is 1. The molecule has 1 atom stereocenters. The number of piperidine rings is 1. The largest absolute Gasteiger partial charge is 0.311 e. The van der Waals surface area contributed by atoms with Crippen LogP contribution in [0.2, 0.25) is 5.02 Å². The summed E-state index contributed by atoms with van der Waals surface area (Å²) < 4.78 is 0. The van der Waals surface area contributed by atoms with E-state index in [-0.39, 0.29) is 0 Å². The first-order chi connectivity index (χ1) is 10.3. The fourth-order valence-electron chi connectivity index (χ4n) is 4.51. The maximum Gasteiger partial charge on any atom is 0.0504 e. The smallest absolute Gasteiger partial charge is 0.0504 e. The first kappa shape index (κ1) is 15.3. The number of nitrogens with zero attached hydrogens (tertiary/aromatic N) is 1. The summed E-state index contributed by atoms with van der Waals surface area (Å²) in [7, 11) is 2.11. The van der Waals surface area contributed by atoms with Gasteiger partial charge in [0, 0.05) is 10.6 Å². The molecule has 116 valence electrons. The van der Waals surface area contributed by atoms with Gasteiger partial charge in [-0.3, -0.25) is 4.90 Å². The molecule has 0 spiro atoms. The third kappa shape index (κ3) is 2.99. The molecule has 1 saturated carbocycles. The highest BCUT2D eigenvalue weighted by Gasteiger charge is 2.46. The van der Waals surface area contributed by atoms with Crippen molar-refractivity contribution in [1.29, 1.82) is 0 Å². The molecule has 1 saturated heterocycles. The van der Waals surface area contributed by atoms with E-state index in [1.54, 1.807) is 0 Å². The van der Waals surface area contributed by atoms with Gasteiger partial charge in [-0.05, 0) is 63.5 Å². The van der Waals surface area contributed by atoms with E-state index in [1.165, 1.54) is 63.6 Å². The van der Waals surface area contributed by atoms with Crippen molar-refractivity contribution < 1.29 is 0 Å². The highest BCUT2D eigenvalue weighted by Crippen LogP contribution is 2.45. The van der Waals surface area contributed by atoms with Crippen molar-refractivity contribution in [2.75, 3.05) is 20.1 Å². The van der Waals surface area contributed by atoms with E-state index in [4.69, 9.17) is 11.6 Å². The monoisotopic (exact) mass is 306 g/mol. The van der Waals surface area contributed by atoms with Gasteiger partial charge in [-0.2, -0.15) is 0 Å². The molecule has 2 nitrogen and oxygen atoms in total. The lowest BCUT2D eigenvalue weighted by atomic mass is 9.81. The zero-order chi connectivity index (χ0) is 14.7. The fraction of sp³-hybridized carbons (Fsp3) is 0.667. The molecule has 1 aliphatic heterocycles. The second kappa shape index (κ2) is 6.68. The van der Waals surface area contributed by atoms with Crippen LogP contribution in [0.4, 0.5) is 0 Å². The van der Waals surface area contributed by atoms with Crippen LogP contribution in [-0.4, -0.2) is 30.6 Å². The Morgan fingerprint density at radius 1 is 1.00 bits per heavy atom. The van der Waals surface area contributed by atoms with Crippen molar-refractivity contribution >= 4 is 11.6 Å². The number of hydrogen-bond acceptors (Lipinski definition) is 2. The number of halogens is 1. The standard InChI is InChI=1S/C18H27ClN2/c1-20-17(15-7-9-16(19)10-8-15)18(11-3-4-12-18)21-13-5-2-6-14-21/h7-10,17,20H,2-6,11-14H2,1H3. The van der Waals surface area contributed by atoms with Gasteiger partial charge >= 0.3 is 0 Å². The summed E-state index contributed by atoms with van der Waals surface area (Å²) in [5.41, 5.74) is 1.69. The Morgan fingerprint density at radius 3 is 2.19 bits per heavy atom. The Kier molecular flexibility index (Phi) is 4.88. The molecule has 1 heterocycles. The van der Waals surface area contributed by atoms with Crippen molar-refractivity contribution in [2.24, 2.45) is 0 Å². The molecule has 21 heavy (non-hydrogen) atoms. The summed E-state index contributed by atoms with van der Waals surface area (Å²) in [4.78, 5) is 2.79. The normalized spacial score (nSPS) is 24.1. The number of hydrogen-bond donors (Lipinski definition) is 1. The molecule has 2 aliphatic rings. The molecule has 1 unspecified atom stereocenters. The van der Waals surface area contributed by atoms with Gasteiger partial charge in [-0.25, -0.2) is 0 Å². The molecule has 1 aromatic carbocycles. The van der Waals surface area contributed by atoms with Crippen molar-refractivity contribution in [3.63, 3.8) is 0 Å². The maximum atomic E-state index is 6.07. The van der Waals surface area contributed by atoms with Crippen LogP contribution >= 0.6 is 11.6 Å². The van der Waals surface area contributed by atoms with E-state index in [9.17, 15) is 0 Å². The third-order valence-electron chi connectivity index (χ3n) is 5.48. The van der Waals surface area contributed by atoms with Crippen LogP contribution in [0.1, 0.15) is 56.6 Å². The molecule has 0 bridgehead atoms. The van der Waals surface area contributed by atoms with Crippen LogP contribution in [0.15, 0.2) is 24.3 Å². The molecule has 1 aromatic rings. The van der Waals surface area contributed by atoms with Gasteiger partial charge in [0.25, 0.3) is 0 Å². The predicted molar refractivity (Wildman–Crippen MR) is 89.9 cm³/mol. The average Bonchev–Trinajstić information content (AvgIpc) is 3.01. The molecule has 3 heteroatoms. The summed E-state index contributed by atoms with van der Waals surface area (Å²) in [6, 6.07) is 8.87. The molecule has 1 aliphatic carbocycles. The molecular formula is C18H27ClN2. The van der Waals surface area contributed by atoms with Gasteiger partial charge in [0.1, 0.15) is 0 Å². The van der Waals surface area contributed by atoms with E-state index >= 15 is 0 Å². The van der Waals surface area contributed by atoms with Crippen molar-refractivity contribution in [3.8, 4) is 0 Å². The Labute approximate surface area is 133 Å². The van der Waals surface area contributed by atoms with Crippen molar-refractivity contribution in [2.45, 2.75) is 56.5 Å². The molecule has 0 radical (unpaired) electrons. The predicted octanol–water partition coefficient (Wildman–Crippen LogP) is 4.40. The number of rotatable bonds is 4. The topological polar surface area (TPSA) is 15.3 Å². The number of likely N-dealkylation sites (N-methyl/N-ethyl adjacent to an activating group) is 1. The van der Waals surface area contributed by atoms with Gasteiger partial charge < -0.3 is 5.32 Å². The van der Waals surface area contributed by atoms with Crippen LogP contribution in [0, 0.1) is 0 Å². The fourth-order valence-corrected chi connectivity index (χ4v) is 4.64. The number of likely N-dealkylation sites (tertiary alicyclic amines) is 1. The summed E-state index contributed by atoms with van der Waals surface area (Å²) in [6.07, 6.45) is 9.49. The molecule has 2 fully saturated rings. The summed E-state index contributed by atoms with van der Waals surface area (Å²) in [6.45, 7) is 2.54. The quantitative estimate of drug-likeness (QED) is 0.887. The van der Waals surface area contributed by atoms with Gasteiger partial charge in [0.2, 0.25) is 0 Å². The highest BCUT2D eigenvalue weighted by molar-refractivity contribution is 6.30. The van der Waals surface area contributed by atoms with E-state index < -0.39 is 0 Å². The highest BCUT2D eigenvalue weighted by atomic mass is 35.5. The molecule has 3 rings (SSSR count). The van der Waals surface area contributed by atoms with Gasteiger partial charge in [-0.1, -0.05) is 43.0 Å². The second-order valence-electron chi connectivity index (χ2n) is 6.63. The molecular weight excluding hydrogens is 280 g/mol. The van der Waals surface area contributed by atoms with E-state index in [0.29, 0.717) is 11.6 Å². The summed E-state index contributed by atoms with van der Waals surface area (Å²) in [5, 5.41) is 4.46. The Morgan fingerprint density at radius 2 is 1.62 bits per heavy atom. The van der Waals surface area contributed by atoms with E-state index in [0.717, 1.165) is 5.02 Å². The van der Waals surface area contributed by atoms with Crippen molar-refractivity contribution in [3.05, 3.63) is 34.9 Å². The van der Waals surface area contributed by atoms with Gasteiger partial charge in [0.05, 0.1) is 6.04 Å². The van der Waals surface area contributed by atoms with Crippen molar-refractivity contribution in [1.82, 2.24) is 10.2 Å². The SMILES string of the molecule is CNC(c1ccc(Cl)cc1)C1(N2CCCCC2)CCCC1. The van der Waals surface area contributed by atoms with Crippen LogP contribution in [0.5, 0.6) is 0 Å². The zero-order valence-corrected chi connectivity index (χ0v) is 13.8. The Bertz CT molecular complexity index is 445. The first-order valence-electron chi connectivity index (χ1n) is 8.44.